The molecular formula is C16H20N2O2S. The normalized spacial score (nSPS) is 25.2. The van der Waals surface area contributed by atoms with Gasteiger partial charge in [-0.3, -0.25) is 4.79 Å². The predicted molar refractivity (Wildman–Crippen MR) is 85.4 cm³/mol. The second-order valence-corrected chi connectivity index (χ2v) is 6.14. The van der Waals surface area contributed by atoms with Crippen LogP contribution in [-0.2, 0) is 4.74 Å². The van der Waals surface area contributed by atoms with E-state index in [-0.39, 0.29) is 18.1 Å². The summed E-state index contributed by atoms with van der Waals surface area (Å²) in [6.45, 7) is 1.29. The summed E-state index contributed by atoms with van der Waals surface area (Å²) in [5.74, 6) is 0.0632. The van der Waals surface area contributed by atoms with E-state index in [0.29, 0.717) is 23.7 Å². The standard InChI is InChI=1S/C16H20N2O2S/c17-15(21)11-4-3-5-12(10-11)16(19)18-8-9-20-14-7-2-1-6-13(14)18/h3-5,10,13-14H,1-2,6-9H2,(H2,17,21). The Morgan fingerprint density at radius 1 is 1.29 bits per heavy atom. The van der Waals surface area contributed by atoms with Crippen LogP contribution in [0.4, 0.5) is 0 Å². The Hall–Kier alpha value is -1.46. The highest BCUT2D eigenvalue weighted by atomic mass is 32.1. The number of carbonyl (C=O) groups is 1. The van der Waals surface area contributed by atoms with Crippen molar-refractivity contribution in [2.75, 3.05) is 13.2 Å². The number of rotatable bonds is 2. The minimum atomic E-state index is 0.0632. The predicted octanol–water partition coefficient (Wildman–Crippen LogP) is 2.10. The molecule has 2 N–H and O–H groups in total. The van der Waals surface area contributed by atoms with Crippen molar-refractivity contribution >= 4 is 23.1 Å². The molecule has 1 saturated heterocycles. The van der Waals surface area contributed by atoms with Crippen molar-refractivity contribution in [2.45, 2.75) is 37.8 Å². The molecule has 4 nitrogen and oxygen atoms in total. The van der Waals surface area contributed by atoms with Crippen molar-refractivity contribution in [1.82, 2.24) is 4.90 Å². The van der Waals surface area contributed by atoms with Gasteiger partial charge in [-0.05, 0) is 25.0 Å². The molecule has 1 amide bonds. The molecule has 1 aliphatic heterocycles. The lowest BCUT2D eigenvalue weighted by atomic mass is 9.89. The number of thiocarbonyl (C=S) groups is 1. The van der Waals surface area contributed by atoms with E-state index in [9.17, 15) is 4.79 Å². The molecule has 1 aliphatic carbocycles. The molecule has 3 rings (SSSR count). The molecule has 2 aliphatic rings. The number of hydrogen-bond donors (Lipinski definition) is 1. The Bertz CT molecular complexity index is 559. The Labute approximate surface area is 130 Å². The fourth-order valence-electron chi connectivity index (χ4n) is 3.32. The van der Waals surface area contributed by atoms with Gasteiger partial charge in [0, 0.05) is 17.7 Å². The number of nitrogens with two attached hydrogens (primary N) is 1. The van der Waals surface area contributed by atoms with Crippen LogP contribution >= 0.6 is 12.2 Å². The molecule has 1 saturated carbocycles. The third-order valence-corrected chi connectivity index (χ3v) is 4.62. The van der Waals surface area contributed by atoms with Crippen LogP contribution in [0.25, 0.3) is 0 Å². The second-order valence-electron chi connectivity index (χ2n) is 5.70. The summed E-state index contributed by atoms with van der Waals surface area (Å²) in [5.41, 5.74) is 7.05. The SMILES string of the molecule is NC(=S)c1cccc(C(=O)N2CCOC3CCCCC32)c1. The minimum Gasteiger partial charge on any atom is -0.389 e. The zero-order valence-electron chi connectivity index (χ0n) is 12.0. The summed E-state index contributed by atoms with van der Waals surface area (Å²) in [6.07, 6.45) is 4.66. The Kier molecular flexibility index (Phi) is 4.22. The number of benzene rings is 1. The Morgan fingerprint density at radius 2 is 2.05 bits per heavy atom. The molecule has 0 bridgehead atoms. The van der Waals surface area contributed by atoms with Gasteiger partial charge in [-0.15, -0.1) is 0 Å². The number of amides is 1. The van der Waals surface area contributed by atoms with E-state index in [1.165, 1.54) is 12.8 Å². The molecule has 1 aromatic rings. The van der Waals surface area contributed by atoms with E-state index in [1.54, 1.807) is 6.07 Å². The summed E-state index contributed by atoms with van der Waals surface area (Å²) in [4.78, 5) is 15.1. The molecule has 112 valence electrons. The van der Waals surface area contributed by atoms with Crippen LogP contribution in [0, 0.1) is 0 Å². The first-order chi connectivity index (χ1) is 10.2. The number of ether oxygens (including phenoxy) is 1. The van der Waals surface area contributed by atoms with Crippen molar-refractivity contribution in [2.24, 2.45) is 5.73 Å². The molecule has 5 heteroatoms. The third-order valence-electron chi connectivity index (χ3n) is 4.39. The van der Waals surface area contributed by atoms with E-state index in [2.05, 4.69) is 0 Å². The molecule has 0 radical (unpaired) electrons. The van der Waals surface area contributed by atoms with Crippen molar-refractivity contribution < 1.29 is 9.53 Å². The van der Waals surface area contributed by atoms with Gasteiger partial charge in [0.2, 0.25) is 0 Å². The van der Waals surface area contributed by atoms with Gasteiger partial charge in [0.15, 0.2) is 0 Å². The first kappa shape index (κ1) is 14.5. The number of fused-ring (bicyclic) bond motifs is 1. The highest BCUT2D eigenvalue weighted by Crippen LogP contribution is 2.29. The van der Waals surface area contributed by atoms with Crippen LogP contribution < -0.4 is 5.73 Å². The number of hydrogen-bond acceptors (Lipinski definition) is 3. The van der Waals surface area contributed by atoms with Gasteiger partial charge in [-0.25, -0.2) is 0 Å². The van der Waals surface area contributed by atoms with Gasteiger partial charge in [0.1, 0.15) is 4.99 Å². The van der Waals surface area contributed by atoms with Gasteiger partial charge in [-0.1, -0.05) is 37.2 Å². The Balaban J connectivity index is 1.83. The number of carbonyl (C=O) groups excluding carboxylic acids is 1. The van der Waals surface area contributed by atoms with Gasteiger partial charge < -0.3 is 15.4 Å². The van der Waals surface area contributed by atoms with Crippen LogP contribution in [0.15, 0.2) is 24.3 Å². The molecule has 1 heterocycles. The highest BCUT2D eigenvalue weighted by Gasteiger charge is 2.36. The topological polar surface area (TPSA) is 55.6 Å². The van der Waals surface area contributed by atoms with Crippen molar-refractivity contribution in [3.05, 3.63) is 35.4 Å². The van der Waals surface area contributed by atoms with E-state index in [4.69, 9.17) is 22.7 Å². The molecule has 2 atom stereocenters. The largest absolute Gasteiger partial charge is 0.389 e. The molecular weight excluding hydrogens is 284 g/mol. The molecule has 2 unspecified atom stereocenters. The molecule has 1 aromatic carbocycles. The fourth-order valence-corrected chi connectivity index (χ4v) is 3.45. The van der Waals surface area contributed by atoms with Crippen molar-refractivity contribution in [3.63, 3.8) is 0 Å². The summed E-state index contributed by atoms with van der Waals surface area (Å²) >= 11 is 4.99. The zero-order valence-corrected chi connectivity index (χ0v) is 12.8. The first-order valence-electron chi connectivity index (χ1n) is 7.49. The summed E-state index contributed by atoms with van der Waals surface area (Å²) in [7, 11) is 0. The van der Waals surface area contributed by atoms with Crippen molar-refractivity contribution in [3.8, 4) is 0 Å². The summed E-state index contributed by atoms with van der Waals surface area (Å²) in [6, 6.07) is 7.51. The smallest absolute Gasteiger partial charge is 0.254 e. The van der Waals surface area contributed by atoms with E-state index < -0.39 is 0 Å². The maximum absolute atomic E-state index is 12.8. The second kappa shape index (κ2) is 6.12. The highest BCUT2D eigenvalue weighted by molar-refractivity contribution is 7.80. The lowest BCUT2D eigenvalue weighted by molar-refractivity contribution is -0.0752. The summed E-state index contributed by atoms with van der Waals surface area (Å²) < 4.78 is 5.83. The van der Waals surface area contributed by atoms with Crippen LogP contribution in [0.1, 0.15) is 41.6 Å². The van der Waals surface area contributed by atoms with Gasteiger partial charge in [0.25, 0.3) is 5.91 Å². The first-order valence-corrected chi connectivity index (χ1v) is 7.90. The third kappa shape index (κ3) is 2.94. The maximum Gasteiger partial charge on any atom is 0.254 e. The van der Waals surface area contributed by atoms with E-state index in [0.717, 1.165) is 18.4 Å². The minimum absolute atomic E-state index is 0.0632. The lowest BCUT2D eigenvalue weighted by Crippen LogP contribution is -2.54. The molecule has 0 spiro atoms. The van der Waals surface area contributed by atoms with Gasteiger partial charge in [0.05, 0.1) is 18.8 Å². The number of morpholine rings is 1. The average Bonchev–Trinajstić information content (AvgIpc) is 2.53. The zero-order chi connectivity index (χ0) is 14.8. The average molecular weight is 304 g/mol. The van der Waals surface area contributed by atoms with Crippen LogP contribution in [0.2, 0.25) is 0 Å². The number of nitrogens with zero attached hydrogens (tertiary/aromatic N) is 1. The Morgan fingerprint density at radius 3 is 2.86 bits per heavy atom. The lowest BCUT2D eigenvalue weighted by Gasteiger charge is -2.43. The van der Waals surface area contributed by atoms with Crippen molar-refractivity contribution in [1.29, 1.82) is 0 Å². The van der Waals surface area contributed by atoms with Crippen LogP contribution in [0.3, 0.4) is 0 Å². The van der Waals surface area contributed by atoms with Crippen LogP contribution in [0.5, 0.6) is 0 Å². The van der Waals surface area contributed by atoms with Gasteiger partial charge >= 0.3 is 0 Å². The molecule has 0 aromatic heterocycles. The monoisotopic (exact) mass is 304 g/mol. The van der Waals surface area contributed by atoms with Gasteiger partial charge in [-0.2, -0.15) is 0 Å². The molecule has 21 heavy (non-hydrogen) atoms. The summed E-state index contributed by atoms with van der Waals surface area (Å²) in [5, 5.41) is 0. The van der Waals surface area contributed by atoms with E-state index in [1.807, 2.05) is 23.1 Å². The quantitative estimate of drug-likeness (QED) is 0.850. The maximum atomic E-state index is 12.8. The fraction of sp³-hybridized carbons (Fsp3) is 0.500. The molecule has 2 fully saturated rings. The van der Waals surface area contributed by atoms with Crippen LogP contribution in [-0.4, -0.2) is 41.1 Å². The van der Waals surface area contributed by atoms with E-state index >= 15 is 0 Å².